The van der Waals surface area contributed by atoms with Gasteiger partial charge in [0.15, 0.2) is 0 Å². The third kappa shape index (κ3) is 4.30. The molecule has 0 spiro atoms. The molecule has 1 amide bonds. The average Bonchev–Trinajstić information content (AvgIpc) is 2.32. The van der Waals surface area contributed by atoms with Gasteiger partial charge in [-0.1, -0.05) is 0 Å². The molecule has 17 heavy (non-hydrogen) atoms. The van der Waals surface area contributed by atoms with Gasteiger partial charge in [-0.05, 0) is 43.9 Å². The van der Waals surface area contributed by atoms with Crippen LogP contribution in [0.2, 0.25) is 0 Å². The predicted octanol–water partition coefficient (Wildman–Crippen LogP) is 2.49. The SMILES string of the molecule is CCOc1ccc(C(=O)NCCSC)cc1C. The molecule has 0 saturated carbocycles. The second-order valence-electron chi connectivity index (χ2n) is 3.66. The van der Waals surface area contributed by atoms with Crippen LogP contribution >= 0.6 is 11.8 Å². The van der Waals surface area contributed by atoms with Gasteiger partial charge in [-0.15, -0.1) is 0 Å². The number of benzene rings is 1. The topological polar surface area (TPSA) is 38.3 Å². The van der Waals surface area contributed by atoms with Crippen molar-refractivity contribution in [2.45, 2.75) is 13.8 Å². The van der Waals surface area contributed by atoms with Gasteiger partial charge in [-0.25, -0.2) is 0 Å². The summed E-state index contributed by atoms with van der Waals surface area (Å²) in [4.78, 5) is 11.8. The lowest BCUT2D eigenvalue weighted by Gasteiger charge is -2.09. The molecule has 0 unspecified atom stereocenters. The molecule has 94 valence electrons. The van der Waals surface area contributed by atoms with E-state index in [2.05, 4.69) is 5.32 Å². The van der Waals surface area contributed by atoms with Crippen LogP contribution in [0.25, 0.3) is 0 Å². The van der Waals surface area contributed by atoms with E-state index in [0.29, 0.717) is 18.7 Å². The number of hydrogen-bond acceptors (Lipinski definition) is 3. The molecule has 4 heteroatoms. The van der Waals surface area contributed by atoms with E-state index in [9.17, 15) is 4.79 Å². The van der Waals surface area contributed by atoms with E-state index in [4.69, 9.17) is 4.74 Å². The predicted molar refractivity (Wildman–Crippen MR) is 73.1 cm³/mol. The van der Waals surface area contributed by atoms with Crippen LogP contribution in [0.4, 0.5) is 0 Å². The molecular formula is C13H19NO2S. The number of carbonyl (C=O) groups is 1. The number of nitrogens with one attached hydrogen (secondary N) is 1. The number of thioether (sulfide) groups is 1. The van der Waals surface area contributed by atoms with Crippen LogP contribution in [-0.4, -0.2) is 31.1 Å². The van der Waals surface area contributed by atoms with Crippen molar-refractivity contribution >= 4 is 17.7 Å². The first-order valence-electron chi connectivity index (χ1n) is 5.69. The largest absolute Gasteiger partial charge is 0.494 e. The van der Waals surface area contributed by atoms with Crippen LogP contribution in [0.15, 0.2) is 18.2 Å². The molecule has 0 aliphatic rings. The summed E-state index contributed by atoms with van der Waals surface area (Å²) in [5, 5.41) is 2.88. The molecular weight excluding hydrogens is 234 g/mol. The Balaban J connectivity index is 2.65. The molecule has 0 fully saturated rings. The van der Waals surface area contributed by atoms with Crippen molar-refractivity contribution in [2.24, 2.45) is 0 Å². The first-order valence-corrected chi connectivity index (χ1v) is 7.09. The van der Waals surface area contributed by atoms with E-state index < -0.39 is 0 Å². The van der Waals surface area contributed by atoms with Crippen molar-refractivity contribution in [3.05, 3.63) is 29.3 Å². The highest BCUT2D eigenvalue weighted by atomic mass is 32.2. The minimum atomic E-state index is -0.0230. The molecule has 0 saturated heterocycles. The Labute approximate surface area is 107 Å². The molecule has 0 radical (unpaired) electrons. The van der Waals surface area contributed by atoms with Gasteiger partial charge < -0.3 is 10.1 Å². The molecule has 3 nitrogen and oxygen atoms in total. The average molecular weight is 253 g/mol. The van der Waals surface area contributed by atoms with Gasteiger partial charge in [0.2, 0.25) is 0 Å². The first-order chi connectivity index (χ1) is 8.19. The van der Waals surface area contributed by atoms with E-state index in [0.717, 1.165) is 17.1 Å². The second kappa shape index (κ2) is 7.22. The summed E-state index contributed by atoms with van der Waals surface area (Å²) < 4.78 is 5.43. The summed E-state index contributed by atoms with van der Waals surface area (Å²) in [5.41, 5.74) is 1.68. The third-order valence-corrected chi connectivity index (χ3v) is 2.94. The monoisotopic (exact) mass is 253 g/mol. The quantitative estimate of drug-likeness (QED) is 0.792. The number of carbonyl (C=O) groups excluding carboxylic acids is 1. The Morgan fingerprint density at radius 2 is 2.24 bits per heavy atom. The van der Waals surface area contributed by atoms with Crippen LogP contribution in [0.3, 0.4) is 0 Å². The van der Waals surface area contributed by atoms with Gasteiger partial charge in [-0.3, -0.25) is 4.79 Å². The number of hydrogen-bond donors (Lipinski definition) is 1. The summed E-state index contributed by atoms with van der Waals surface area (Å²) in [6.45, 7) is 5.23. The smallest absolute Gasteiger partial charge is 0.251 e. The molecule has 0 bridgehead atoms. The van der Waals surface area contributed by atoms with Gasteiger partial charge in [-0.2, -0.15) is 11.8 Å². The van der Waals surface area contributed by atoms with Crippen molar-refractivity contribution in [1.29, 1.82) is 0 Å². The minimum absolute atomic E-state index is 0.0230. The van der Waals surface area contributed by atoms with Crippen molar-refractivity contribution in [3.8, 4) is 5.75 Å². The maximum absolute atomic E-state index is 11.8. The molecule has 0 aliphatic heterocycles. The Hall–Kier alpha value is -1.16. The van der Waals surface area contributed by atoms with Crippen LogP contribution in [0.1, 0.15) is 22.8 Å². The third-order valence-electron chi connectivity index (χ3n) is 2.33. The lowest BCUT2D eigenvalue weighted by Crippen LogP contribution is -2.25. The summed E-state index contributed by atoms with van der Waals surface area (Å²) in [5.74, 6) is 1.75. The van der Waals surface area contributed by atoms with E-state index in [1.165, 1.54) is 0 Å². The van der Waals surface area contributed by atoms with E-state index in [1.54, 1.807) is 17.8 Å². The van der Waals surface area contributed by atoms with Gasteiger partial charge in [0, 0.05) is 17.9 Å². The van der Waals surface area contributed by atoms with Crippen LogP contribution in [-0.2, 0) is 0 Å². The van der Waals surface area contributed by atoms with Crippen molar-refractivity contribution in [2.75, 3.05) is 25.2 Å². The highest BCUT2D eigenvalue weighted by Gasteiger charge is 2.07. The summed E-state index contributed by atoms with van der Waals surface area (Å²) in [6, 6.07) is 5.51. The van der Waals surface area contributed by atoms with Crippen molar-refractivity contribution < 1.29 is 9.53 Å². The molecule has 1 rings (SSSR count). The molecule has 0 atom stereocenters. The van der Waals surface area contributed by atoms with Gasteiger partial charge >= 0.3 is 0 Å². The first kappa shape index (κ1) is 13.9. The van der Waals surface area contributed by atoms with Crippen LogP contribution < -0.4 is 10.1 Å². The molecule has 1 N–H and O–H groups in total. The van der Waals surface area contributed by atoms with Gasteiger partial charge in [0.05, 0.1) is 6.61 Å². The molecule has 0 aromatic heterocycles. The van der Waals surface area contributed by atoms with Gasteiger partial charge in [0.1, 0.15) is 5.75 Å². The Bertz CT molecular complexity index is 380. The molecule has 0 heterocycles. The Morgan fingerprint density at radius 1 is 1.47 bits per heavy atom. The van der Waals surface area contributed by atoms with E-state index in [-0.39, 0.29) is 5.91 Å². The summed E-state index contributed by atoms with van der Waals surface area (Å²) in [7, 11) is 0. The minimum Gasteiger partial charge on any atom is -0.494 e. The van der Waals surface area contributed by atoms with Crippen LogP contribution in [0, 0.1) is 6.92 Å². The highest BCUT2D eigenvalue weighted by molar-refractivity contribution is 7.98. The highest BCUT2D eigenvalue weighted by Crippen LogP contribution is 2.18. The maximum Gasteiger partial charge on any atom is 0.251 e. The molecule has 1 aromatic carbocycles. The van der Waals surface area contributed by atoms with Gasteiger partial charge in [0.25, 0.3) is 5.91 Å². The number of amides is 1. The van der Waals surface area contributed by atoms with E-state index >= 15 is 0 Å². The van der Waals surface area contributed by atoms with E-state index in [1.807, 2.05) is 32.2 Å². The summed E-state index contributed by atoms with van der Waals surface area (Å²) >= 11 is 1.72. The van der Waals surface area contributed by atoms with Crippen molar-refractivity contribution in [3.63, 3.8) is 0 Å². The number of rotatable bonds is 6. The Kier molecular flexibility index (Phi) is 5.91. The lowest BCUT2D eigenvalue weighted by molar-refractivity contribution is 0.0956. The van der Waals surface area contributed by atoms with Crippen molar-refractivity contribution in [1.82, 2.24) is 5.32 Å². The second-order valence-corrected chi connectivity index (χ2v) is 4.65. The van der Waals surface area contributed by atoms with Crippen LogP contribution in [0.5, 0.6) is 5.75 Å². The normalized spacial score (nSPS) is 10.1. The fourth-order valence-electron chi connectivity index (χ4n) is 1.48. The molecule has 0 aliphatic carbocycles. The Morgan fingerprint density at radius 3 is 2.82 bits per heavy atom. The number of ether oxygens (including phenoxy) is 1. The lowest BCUT2D eigenvalue weighted by atomic mass is 10.1. The molecule has 1 aromatic rings. The zero-order valence-electron chi connectivity index (χ0n) is 10.6. The zero-order chi connectivity index (χ0) is 12.7. The maximum atomic E-state index is 11.8. The summed E-state index contributed by atoms with van der Waals surface area (Å²) in [6.07, 6.45) is 2.02. The number of aryl methyl sites for hydroxylation is 1. The fourth-order valence-corrected chi connectivity index (χ4v) is 1.78. The fraction of sp³-hybridized carbons (Fsp3) is 0.462. The standard InChI is InChI=1S/C13H19NO2S/c1-4-16-12-6-5-11(9-10(12)2)13(15)14-7-8-17-3/h5-6,9H,4,7-8H2,1-3H3,(H,14,15). The zero-order valence-corrected chi connectivity index (χ0v) is 11.4.